The molecule has 41 heavy (non-hydrogen) atoms. The highest BCUT2D eigenvalue weighted by atomic mass is 32.1. The Kier molecular flexibility index (Phi) is 7.74. The van der Waals surface area contributed by atoms with Crippen LogP contribution in [0.1, 0.15) is 30.0 Å². The standard InChI is InChI=1S/C29H27N7O4S/c1-4-34(5-2)20-9-11-21(12-10-20)35-32-24-15-18(3)23(17-25(24)33-35)30-29(41)31-28(37)27-14-13-26(40-27)19-7-6-8-22(16-19)36(38)39/h6-17H,4-5H2,1-3H3,(H2,30,31,37,41). The van der Waals surface area contributed by atoms with E-state index in [9.17, 15) is 14.9 Å². The molecule has 0 unspecified atom stereocenters. The zero-order chi connectivity index (χ0) is 29.1. The van der Waals surface area contributed by atoms with Gasteiger partial charge in [0.15, 0.2) is 10.9 Å². The number of hydrogen-bond donors (Lipinski definition) is 2. The van der Waals surface area contributed by atoms with Crippen LogP contribution in [0.2, 0.25) is 0 Å². The van der Waals surface area contributed by atoms with Crippen LogP contribution in [-0.2, 0) is 0 Å². The molecule has 0 spiro atoms. The van der Waals surface area contributed by atoms with Crippen molar-refractivity contribution in [1.29, 1.82) is 0 Å². The summed E-state index contributed by atoms with van der Waals surface area (Å²) in [6.45, 7) is 8.02. The van der Waals surface area contributed by atoms with Crippen LogP contribution in [0.25, 0.3) is 28.0 Å². The highest BCUT2D eigenvalue weighted by Gasteiger charge is 2.16. The predicted octanol–water partition coefficient (Wildman–Crippen LogP) is 5.87. The molecule has 0 radical (unpaired) electrons. The van der Waals surface area contributed by atoms with Crippen molar-refractivity contribution < 1.29 is 14.1 Å². The first-order valence-electron chi connectivity index (χ1n) is 13.0. The first-order valence-corrected chi connectivity index (χ1v) is 13.4. The Morgan fingerprint density at radius 1 is 1.02 bits per heavy atom. The fourth-order valence-electron chi connectivity index (χ4n) is 4.41. The van der Waals surface area contributed by atoms with Gasteiger partial charge in [0.25, 0.3) is 11.6 Å². The maximum atomic E-state index is 12.8. The Morgan fingerprint density at radius 3 is 2.41 bits per heavy atom. The Labute approximate surface area is 240 Å². The Balaban J connectivity index is 1.27. The van der Waals surface area contributed by atoms with E-state index in [4.69, 9.17) is 16.6 Å². The lowest BCUT2D eigenvalue weighted by Gasteiger charge is -2.20. The van der Waals surface area contributed by atoms with Crippen LogP contribution >= 0.6 is 12.2 Å². The molecule has 2 aromatic heterocycles. The molecule has 0 aliphatic carbocycles. The van der Waals surface area contributed by atoms with Crippen LogP contribution < -0.4 is 15.5 Å². The third-order valence-corrected chi connectivity index (χ3v) is 6.79. The zero-order valence-corrected chi connectivity index (χ0v) is 23.4. The molecule has 11 nitrogen and oxygen atoms in total. The number of aryl methyl sites for hydroxylation is 1. The normalized spacial score (nSPS) is 10.9. The van der Waals surface area contributed by atoms with Crippen LogP contribution in [0.4, 0.5) is 17.1 Å². The number of nitrogens with one attached hydrogen (secondary N) is 2. The molecule has 0 aliphatic rings. The van der Waals surface area contributed by atoms with Crippen molar-refractivity contribution in [3.8, 4) is 17.0 Å². The summed E-state index contributed by atoms with van der Waals surface area (Å²) in [5, 5.41) is 26.0. The number of nitro benzene ring substituents is 1. The van der Waals surface area contributed by atoms with Crippen molar-refractivity contribution in [2.24, 2.45) is 0 Å². The first-order chi connectivity index (χ1) is 19.7. The summed E-state index contributed by atoms with van der Waals surface area (Å²) in [7, 11) is 0. The van der Waals surface area contributed by atoms with Gasteiger partial charge in [-0.25, -0.2) is 0 Å². The lowest BCUT2D eigenvalue weighted by atomic mass is 10.1. The summed E-state index contributed by atoms with van der Waals surface area (Å²) in [6, 6.07) is 20.8. The molecule has 3 aromatic carbocycles. The molecule has 2 N–H and O–H groups in total. The molecular formula is C29H27N7O4S. The maximum Gasteiger partial charge on any atom is 0.293 e. The number of benzene rings is 3. The molecule has 0 fully saturated rings. The molecule has 208 valence electrons. The summed E-state index contributed by atoms with van der Waals surface area (Å²) in [6.07, 6.45) is 0. The number of aromatic nitrogens is 3. The number of furan rings is 1. The Hall–Kier alpha value is -5.10. The summed E-state index contributed by atoms with van der Waals surface area (Å²) in [4.78, 5) is 27.2. The van der Waals surface area contributed by atoms with Gasteiger partial charge in [0.1, 0.15) is 16.8 Å². The summed E-state index contributed by atoms with van der Waals surface area (Å²) < 4.78 is 5.63. The number of non-ortho nitro benzene ring substituents is 1. The third-order valence-electron chi connectivity index (χ3n) is 6.58. The van der Waals surface area contributed by atoms with E-state index >= 15 is 0 Å². The molecule has 0 saturated heterocycles. The van der Waals surface area contributed by atoms with E-state index in [1.807, 2.05) is 31.2 Å². The van der Waals surface area contributed by atoms with Gasteiger partial charge < -0.3 is 14.6 Å². The van der Waals surface area contributed by atoms with Crippen LogP contribution in [0, 0.1) is 17.0 Å². The van der Waals surface area contributed by atoms with Crippen molar-refractivity contribution >= 4 is 51.3 Å². The van der Waals surface area contributed by atoms with Crippen molar-refractivity contribution in [3.05, 3.63) is 94.2 Å². The van der Waals surface area contributed by atoms with Gasteiger partial charge in [-0.1, -0.05) is 12.1 Å². The molecule has 0 bridgehead atoms. The molecular weight excluding hydrogens is 542 g/mol. The number of anilines is 2. The average Bonchev–Trinajstić information content (AvgIpc) is 3.62. The van der Waals surface area contributed by atoms with Crippen molar-refractivity contribution in [3.63, 3.8) is 0 Å². The van der Waals surface area contributed by atoms with E-state index in [0.717, 1.165) is 35.5 Å². The van der Waals surface area contributed by atoms with E-state index < -0.39 is 10.8 Å². The maximum absolute atomic E-state index is 12.8. The molecule has 5 aromatic rings. The second-order valence-electron chi connectivity index (χ2n) is 9.21. The number of rotatable bonds is 8. The number of fused-ring (bicyclic) bond motifs is 1. The number of nitro groups is 1. The van der Waals surface area contributed by atoms with E-state index in [2.05, 4.69) is 51.7 Å². The topological polar surface area (TPSA) is 131 Å². The number of hydrogen-bond acceptors (Lipinski definition) is 8. The average molecular weight is 570 g/mol. The van der Waals surface area contributed by atoms with E-state index in [1.165, 1.54) is 18.2 Å². The molecule has 5 rings (SSSR count). The second-order valence-corrected chi connectivity index (χ2v) is 9.62. The molecule has 0 aliphatic heterocycles. The highest BCUT2D eigenvalue weighted by Crippen LogP contribution is 2.26. The van der Waals surface area contributed by atoms with Gasteiger partial charge in [-0.05, 0) is 87.1 Å². The molecule has 0 atom stereocenters. The number of nitrogens with zero attached hydrogens (tertiary/aromatic N) is 5. The fourth-order valence-corrected chi connectivity index (χ4v) is 4.61. The lowest BCUT2D eigenvalue weighted by Crippen LogP contribution is -2.34. The van der Waals surface area contributed by atoms with Gasteiger partial charge in [-0.2, -0.15) is 4.80 Å². The van der Waals surface area contributed by atoms with E-state index in [1.54, 1.807) is 23.0 Å². The second kappa shape index (κ2) is 11.6. The van der Waals surface area contributed by atoms with Gasteiger partial charge in [0.2, 0.25) is 0 Å². The lowest BCUT2D eigenvalue weighted by molar-refractivity contribution is -0.384. The third kappa shape index (κ3) is 5.92. The first kappa shape index (κ1) is 27.5. The van der Waals surface area contributed by atoms with Crippen LogP contribution in [0.15, 0.2) is 77.2 Å². The summed E-state index contributed by atoms with van der Waals surface area (Å²) in [5.74, 6) is -0.223. The molecule has 1 amide bonds. The van der Waals surface area contributed by atoms with Crippen LogP contribution in [-0.4, -0.2) is 44.0 Å². The molecule has 0 saturated carbocycles. The molecule has 2 heterocycles. The van der Waals surface area contributed by atoms with Gasteiger partial charge in [0, 0.05) is 42.2 Å². The number of thiocarbonyl (C=S) groups is 1. The highest BCUT2D eigenvalue weighted by molar-refractivity contribution is 7.80. The van der Waals surface area contributed by atoms with Crippen LogP contribution in [0.5, 0.6) is 0 Å². The van der Waals surface area contributed by atoms with Crippen LogP contribution in [0.3, 0.4) is 0 Å². The van der Waals surface area contributed by atoms with Crippen molar-refractivity contribution in [2.45, 2.75) is 20.8 Å². The van der Waals surface area contributed by atoms with Gasteiger partial charge in [0.05, 0.1) is 10.6 Å². The Morgan fingerprint density at radius 2 is 1.73 bits per heavy atom. The van der Waals surface area contributed by atoms with Crippen molar-refractivity contribution in [2.75, 3.05) is 23.3 Å². The predicted molar refractivity (Wildman–Crippen MR) is 162 cm³/mol. The van der Waals surface area contributed by atoms with Gasteiger partial charge >= 0.3 is 0 Å². The Bertz CT molecular complexity index is 1760. The quantitative estimate of drug-likeness (QED) is 0.134. The monoisotopic (exact) mass is 569 g/mol. The van der Waals surface area contributed by atoms with Gasteiger partial charge in [-0.3, -0.25) is 20.2 Å². The SMILES string of the molecule is CCN(CC)c1ccc(-n2nc3cc(C)c(NC(=S)NC(=O)c4ccc(-c5cccc([N+](=O)[O-])c5)o4)cc3n2)cc1. The van der Waals surface area contributed by atoms with E-state index in [-0.39, 0.29) is 16.6 Å². The minimum absolute atomic E-state index is 0.0118. The minimum Gasteiger partial charge on any atom is -0.451 e. The largest absolute Gasteiger partial charge is 0.451 e. The summed E-state index contributed by atoms with van der Waals surface area (Å²) in [5.41, 5.74) is 5.31. The minimum atomic E-state index is -0.558. The summed E-state index contributed by atoms with van der Waals surface area (Å²) >= 11 is 5.37. The molecule has 12 heteroatoms. The number of carbonyl (C=O) groups is 1. The fraction of sp³-hybridized carbons (Fsp3) is 0.172. The number of amides is 1. The zero-order valence-electron chi connectivity index (χ0n) is 22.6. The van der Waals surface area contributed by atoms with Crippen molar-refractivity contribution in [1.82, 2.24) is 20.3 Å². The van der Waals surface area contributed by atoms with E-state index in [0.29, 0.717) is 22.5 Å². The number of carbonyl (C=O) groups excluding carboxylic acids is 1. The smallest absolute Gasteiger partial charge is 0.293 e. The van der Waals surface area contributed by atoms with Gasteiger partial charge in [-0.15, -0.1) is 10.2 Å².